The third-order valence-corrected chi connectivity index (χ3v) is 9.56. The van der Waals surface area contributed by atoms with Crippen LogP contribution in [0.5, 0.6) is 0 Å². The molecular weight excluding hydrogens is 688 g/mol. The maximum Gasteiger partial charge on any atom is 0.264 e. The molecule has 15 heteroatoms. The lowest BCUT2D eigenvalue weighted by atomic mass is 10.0. The van der Waals surface area contributed by atoms with Gasteiger partial charge in [-0.05, 0) is 65.7 Å². The Balaban J connectivity index is 1.42. The molecule has 0 fully saturated rings. The number of nitrogens with zero attached hydrogens (tertiary/aromatic N) is 2. The van der Waals surface area contributed by atoms with E-state index >= 15 is 0 Å². The van der Waals surface area contributed by atoms with Crippen molar-refractivity contribution in [2.75, 3.05) is 4.72 Å². The molecule has 0 spiro atoms. The molecule has 0 aliphatic carbocycles. The largest absolute Gasteiger partial charge is 0.350 e. The monoisotopic (exact) mass is 707 g/mol. The van der Waals surface area contributed by atoms with Crippen LogP contribution in [-0.2, 0) is 27.8 Å². The van der Waals surface area contributed by atoms with Crippen LogP contribution in [0.4, 0.5) is 5.69 Å². The number of rotatable bonds is 10. The van der Waals surface area contributed by atoms with Gasteiger partial charge >= 0.3 is 0 Å². The summed E-state index contributed by atoms with van der Waals surface area (Å²) in [7, 11) is -4.23. The molecule has 3 N–H and O–H groups in total. The summed E-state index contributed by atoms with van der Waals surface area (Å²) in [5.41, 5.74) is 1.83. The van der Waals surface area contributed by atoms with E-state index < -0.39 is 27.9 Å². The average Bonchev–Trinajstić information content (AvgIpc) is 3.46. The highest BCUT2D eigenvalue weighted by Gasteiger charge is 2.26. The molecule has 1 aromatic heterocycles. The van der Waals surface area contributed by atoms with Crippen LogP contribution in [0, 0.1) is 0 Å². The summed E-state index contributed by atoms with van der Waals surface area (Å²) >= 11 is 25.4. The van der Waals surface area contributed by atoms with Gasteiger partial charge in [-0.25, -0.2) is 8.42 Å². The number of benzene rings is 4. The fourth-order valence-corrected chi connectivity index (χ4v) is 6.85. The van der Waals surface area contributed by atoms with E-state index in [1.807, 2.05) is 0 Å². The molecule has 0 aliphatic rings. The van der Waals surface area contributed by atoms with Crippen molar-refractivity contribution in [1.82, 2.24) is 19.4 Å². The third kappa shape index (κ3) is 7.60. The van der Waals surface area contributed by atoms with Crippen molar-refractivity contribution in [1.29, 1.82) is 0 Å². The summed E-state index contributed by atoms with van der Waals surface area (Å²) in [6.07, 6.45) is 0.0531. The summed E-state index contributed by atoms with van der Waals surface area (Å²) in [5.74, 6) is -1.22. The summed E-state index contributed by atoms with van der Waals surface area (Å²) in [4.78, 5) is 27.0. The summed E-state index contributed by atoms with van der Waals surface area (Å²) in [6.45, 7) is 0.149. The number of anilines is 1. The van der Waals surface area contributed by atoms with Gasteiger partial charge in [-0.2, -0.15) is 8.75 Å². The minimum absolute atomic E-state index is 0.0531. The normalized spacial score (nSPS) is 12.1. The molecule has 5 rings (SSSR count). The Morgan fingerprint density at radius 3 is 2.36 bits per heavy atom. The minimum Gasteiger partial charge on any atom is -0.350 e. The van der Waals surface area contributed by atoms with E-state index in [4.69, 9.17) is 46.4 Å². The number of carbonyl (C=O) groups is 2. The molecule has 0 unspecified atom stereocenters. The molecule has 0 aliphatic heterocycles. The van der Waals surface area contributed by atoms with Gasteiger partial charge in [0.05, 0.1) is 33.0 Å². The number of fused-ring (bicyclic) bond motifs is 1. The van der Waals surface area contributed by atoms with Gasteiger partial charge in [-0.15, -0.1) is 0 Å². The van der Waals surface area contributed by atoms with Crippen LogP contribution in [0.25, 0.3) is 11.0 Å². The quantitative estimate of drug-likeness (QED) is 0.147. The van der Waals surface area contributed by atoms with E-state index in [1.54, 1.807) is 54.6 Å². The highest BCUT2D eigenvalue weighted by Crippen LogP contribution is 2.28. The van der Waals surface area contributed by atoms with Gasteiger partial charge in [-0.1, -0.05) is 70.7 Å². The van der Waals surface area contributed by atoms with Crippen LogP contribution in [0.2, 0.25) is 20.1 Å². The van der Waals surface area contributed by atoms with Crippen molar-refractivity contribution in [3.05, 3.63) is 116 Å². The minimum atomic E-state index is -4.23. The van der Waals surface area contributed by atoms with Crippen molar-refractivity contribution in [2.24, 2.45) is 0 Å². The smallest absolute Gasteiger partial charge is 0.264 e. The van der Waals surface area contributed by atoms with Crippen LogP contribution >= 0.6 is 58.1 Å². The van der Waals surface area contributed by atoms with Gasteiger partial charge < -0.3 is 10.6 Å². The average molecular weight is 709 g/mol. The SMILES string of the molecule is O=C(N[C@@H](Cc1ccc(Cl)c(Cl)c1)C(=O)NCc1cccc(Cl)c1)c1ccc(Cl)cc1NS(=O)(=O)c1cccc2nsnc12. The van der Waals surface area contributed by atoms with Crippen LogP contribution in [0.1, 0.15) is 21.5 Å². The maximum absolute atomic E-state index is 13.7. The molecule has 4 aromatic carbocycles. The second-order valence-electron chi connectivity index (χ2n) is 9.51. The lowest BCUT2D eigenvalue weighted by Crippen LogP contribution is -2.48. The molecule has 1 atom stereocenters. The van der Waals surface area contributed by atoms with Gasteiger partial charge in [0.15, 0.2) is 0 Å². The van der Waals surface area contributed by atoms with Crippen molar-refractivity contribution in [3.8, 4) is 0 Å². The Labute approximate surface area is 276 Å². The van der Waals surface area contributed by atoms with Crippen LogP contribution in [0.15, 0.2) is 83.8 Å². The Kier molecular flexibility index (Phi) is 9.94. The summed E-state index contributed by atoms with van der Waals surface area (Å²) in [6, 6.07) is 19.4. The number of nitrogens with one attached hydrogen (secondary N) is 3. The molecule has 44 heavy (non-hydrogen) atoms. The zero-order chi connectivity index (χ0) is 31.4. The second-order valence-corrected chi connectivity index (χ2v) is 13.4. The highest BCUT2D eigenvalue weighted by molar-refractivity contribution is 7.93. The Hall–Kier alpha value is -3.45. The fourth-order valence-electron chi connectivity index (χ4n) is 4.30. The molecule has 2 amide bonds. The Morgan fingerprint density at radius 2 is 1.59 bits per heavy atom. The number of hydrogen-bond donors (Lipinski definition) is 3. The Bertz CT molecular complexity index is 1990. The van der Waals surface area contributed by atoms with Crippen molar-refractivity contribution in [3.63, 3.8) is 0 Å². The van der Waals surface area contributed by atoms with Crippen molar-refractivity contribution >= 4 is 96.7 Å². The zero-order valence-corrected chi connectivity index (χ0v) is 27.0. The standard InChI is InChI=1S/C29H21Cl4N5O4S2/c30-18-4-1-3-17(11-18)15-34-29(40)25(13-16-7-10-21(32)22(33)12-16)35-28(39)20-9-8-19(31)14-24(20)38-44(41,42)26-6-2-5-23-27(26)37-43-36-23/h1-12,14,25,38H,13,15H2,(H,34,40)(H,35,39)/t25-/m0/s1. The lowest BCUT2D eigenvalue weighted by Gasteiger charge is -2.20. The molecular formula is C29H21Cl4N5O4S2. The van der Waals surface area contributed by atoms with E-state index in [1.165, 1.54) is 24.3 Å². The highest BCUT2D eigenvalue weighted by atomic mass is 35.5. The van der Waals surface area contributed by atoms with Crippen LogP contribution < -0.4 is 15.4 Å². The van der Waals surface area contributed by atoms with Gasteiger partial charge in [-0.3, -0.25) is 14.3 Å². The van der Waals surface area contributed by atoms with Gasteiger partial charge in [0, 0.05) is 23.0 Å². The molecule has 5 aromatic rings. The second kappa shape index (κ2) is 13.7. The van der Waals surface area contributed by atoms with Gasteiger partial charge in [0.25, 0.3) is 15.9 Å². The number of hydrogen-bond acceptors (Lipinski definition) is 7. The topological polar surface area (TPSA) is 130 Å². The van der Waals surface area contributed by atoms with Gasteiger partial charge in [0.1, 0.15) is 22.0 Å². The van der Waals surface area contributed by atoms with Gasteiger partial charge in [0.2, 0.25) is 5.91 Å². The number of amides is 2. The number of aromatic nitrogens is 2. The number of carbonyl (C=O) groups excluding carboxylic acids is 2. The van der Waals surface area contributed by atoms with Crippen LogP contribution in [-0.4, -0.2) is 35.0 Å². The van der Waals surface area contributed by atoms with Crippen molar-refractivity contribution < 1.29 is 18.0 Å². The molecule has 226 valence electrons. The van der Waals surface area contributed by atoms with E-state index in [0.717, 1.165) is 17.3 Å². The van der Waals surface area contributed by atoms with Crippen molar-refractivity contribution in [2.45, 2.75) is 23.9 Å². The first-order valence-electron chi connectivity index (χ1n) is 12.8. The summed E-state index contributed by atoms with van der Waals surface area (Å²) in [5, 5.41) is 6.85. The number of halogens is 4. The maximum atomic E-state index is 13.7. The molecule has 0 bridgehead atoms. The molecule has 1 heterocycles. The first-order valence-corrected chi connectivity index (χ1v) is 16.5. The van der Waals surface area contributed by atoms with Crippen LogP contribution in [0.3, 0.4) is 0 Å². The van der Waals surface area contributed by atoms with E-state index in [9.17, 15) is 18.0 Å². The molecule has 9 nitrogen and oxygen atoms in total. The van der Waals surface area contributed by atoms with E-state index in [0.29, 0.717) is 21.1 Å². The fraction of sp³-hybridized carbons (Fsp3) is 0.103. The Morgan fingerprint density at radius 1 is 0.818 bits per heavy atom. The first kappa shape index (κ1) is 32.0. The molecule has 0 saturated heterocycles. The zero-order valence-electron chi connectivity index (χ0n) is 22.4. The number of sulfonamides is 1. The predicted octanol–water partition coefficient (Wildman–Crippen LogP) is 6.76. The van der Waals surface area contributed by atoms with E-state index in [-0.39, 0.29) is 44.7 Å². The molecule has 0 saturated carbocycles. The third-order valence-electron chi connectivity index (χ3n) is 6.41. The summed E-state index contributed by atoms with van der Waals surface area (Å²) < 4.78 is 37.5. The lowest BCUT2D eigenvalue weighted by molar-refractivity contribution is -0.123. The predicted molar refractivity (Wildman–Crippen MR) is 174 cm³/mol. The first-order chi connectivity index (χ1) is 21.0. The van der Waals surface area contributed by atoms with E-state index in [2.05, 4.69) is 24.1 Å². The molecule has 0 radical (unpaired) electrons.